The van der Waals surface area contributed by atoms with E-state index >= 15 is 0 Å². The third-order valence-corrected chi connectivity index (χ3v) is 6.65. The summed E-state index contributed by atoms with van der Waals surface area (Å²) in [6, 6.07) is 9.41. The van der Waals surface area contributed by atoms with E-state index in [0.29, 0.717) is 17.9 Å². The number of anilines is 1. The summed E-state index contributed by atoms with van der Waals surface area (Å²) >= 11 is 9.19. The number of halogens is 2. The molecule has 1 saturated heterocycles. The van der Waals surface area contributed by atoms with Gasteiger partial charge in [0.1, 0.15) is 33.1 Å². The Balaban J connectivity index is 1.72. The zero-order valence-electron chi connectivity index (χ0n) is 19.9. The Hall–Kier alpha value is -4.16. The lowest BCUT2D eigenvalue weighted by Gasteiger charge is -2.28. The van der Waals surface area contributed by atoms with E-state index in [9.17, 15) is 24.5 Å². The molecule has 0 unspecified atom stereocenters. The smallest absolute Gasteiger partial charge is 0.336 e. The molecule has 0 atom stereocenters. The summed E-state index contributed by atoms with van der Waals surface area (Å²) in [6.45, 7) is 4.14. The fraction of sp³-hybridized carbons (Fsp3) is 0.160. The standard InChI is InChI=1S/C25H19BrClN3O8/c1-3-36-14-5-8-21(37-4-2)18(12-14)29-24(32)16(23(31)28-25(29)33)11-15-6-7-20(38-15)13-9-17(27)22(26)19(10-13)30(34)35/h5-12H,3-4H2,1-2H3,(H,28,31,33)/b16-11+. The number of nitrogens with one attached hydrogen (secondary N) is 1. The lowest BCUT2D eigenvalue weighted by Crippen LogP contribution is -2.54. The number of barbiturate groups is 1. The Morgan fingerprint density at radius 2 is 1.84 bits per heavy atom. The van der Waals surface area contributed by atoms with Crippen molar-refractivity contribution < 1.29 is 33.2 Å². The minimum absolute atomic E-state index is 0.0857. The number of urea groups is 1. The first kappa shape index (κ1) is 26.9. The van der Waals surface area contributed by atoms with Crippen molar-refractivity contribution in [1.29, 1.82) is 0 Å². The van der Waals surface area contributed by atoms with Crippen LogP contribution in [0.3, 0.4) is 0 Å². The molecule has 1 aliphatic heterocycles. The number of carbonyl (C=O) groups excluding carboxylic acids is 3. The average molecular weight is 605 g/mol. The second kappa shape index (κ2) is 11.1. The molecule has 0 radical (unpaired) electrons. The molecule has 0 aliphatic carbocycles. The van der Waals surface area contributed by atoms with Crippen molar-refractivity contribution in [1.82, 2.24) is 5.32 Å². The Morgan fingerprint density at radius 1 is 1.11 bits per heavy atom. The fourth-order valence-electron chi connectivity index (χ4n) is 3.66. The predicted octanol–water partition coefficient (Wildman–Crippen LogP) is 5.73. The minimum atomic E-state index is -0.955. The molecule has 1 aliphatic rings. The van der Waals surface area contributed by atoms with Crippen LogP contribution in [0.2, 0.25) is 5.02 Å². The predicted molar refractivity (Wildman–Crippen MR) is 141 cm³/mol. The third-order valence-electron chi connectivity index (χ3n) is 5.29. The van der Waals surface area contributed by atoms with E-state index < -0.39 is 22.8 Å². The SMILES string of the molecule is CCOc1ccc(OCC)c(N2C(=O)NC(=O)/C(=C\c3ccc(-c4cc(Cl)c(Br)c([N+](=O)[O-])c4)o3)C2=O)c1. The summed E-state index contributed by atoms with van der Waals surface area (Å²) in [5, 5.41) is 13.6. The van der Waals surface area contributed by atoms with Crippen LogP contribution in [0.5, 0.6) is 11.5 Å². The van der Waals surface area contributed by atoms with Gasteiger partial charge in [-0.05, 0) is 66.2 Å². The zero-order chi connectivity index (χ0) is 27.6. The molecule has 3 aromatic rings. The Morgan fingerprint density at radius 3 is 2.53 bits per heavy atom. The Labute approximate surface area is 229 Å². The van der Waals surface area contributed by atoms with Crippen LogP contribution in [-0.2, 0) is 9.59 Å². The van der Waals surface area contributed by atoms with Crippen LogP contribution in [-0.4, -0.2) is 36.0 Å². The highest BCUT2D eigenvalue weighted by Gasteiger charge is 2.38. The average Bonchev–Trinajstić information content (AvgIpc) is 3.33. The Bertz CT molecular complexity index is 1500. The summed E-state index contributed by atoms with van der Waals surface area (Å²) < 4.78 is 16.9. The van der Waals surface area contributed by atoms with Crippen LogP contribution in [0.4, 0.5) is 16.2 Å². The van der Waals surface area contributed by atoms with Gasteiger partial charge in [0.25, 0.3) is 17.5 Å². The number of hydrogen-bond acceptors (Lipinski definition) is 8. The first-order valence-electron chi connectivity index (χ1n) is 11.2. The number of carbonyl (C=O) groups is 3. The van der Waals surface area contributed by atoms with Gasteiger partial charge in [0.05, 0.1) is 28.8 Å². The van der Waals surface area contributed by atoms with Gasteiger partial charge >= 0.3 is 6.03 Å². The number of nitrogens with zero attached hydrogens (tertiary/aromatic N) is 2. The molecule has 4 amide bonds. The van der Waals surface area contributed by atoms with Gasteiger partial charge in [-0.2, -0.15) is 0 Å². The molecule has 11 nitrogen and oxygen atoms in total. The third kappa shape index (κ3) is 5.27. The Kier molecular flexibility index (Phi) is 7.83. The quantitative estimate of drug-likeness (QED) is 0.149. The molecular formula is C25H19BrClN3O8. The van der Waals surface area contributed by atoms with E-state index in [2.05, 4.69) is 21.2 Å². The van der Waals surface area contributed by atoms with Crippen molar-refractivity contribution in [3.8, 4) is 22.8 Å². The number of furan rings is 1. The molecule has 13 heteroatoms. The van der Waals surface area contributed by atoms with E-state index in [4.69, 9.17) is 25.5 Å². The van der Waals surface area contributed by atoms with Crippen molar-refractivity contribution in [2.45, 2.75) is 13.8 Å². The van der Waals surface area contributed by atoms with Crippen molar-refractivity contribution in [2.75, 3.05) is 18.1 Å². The molecule has 0 spiro atoms. The lowest BCUT2D eigenvalue weighted by atomic mass is 10.1. The van der Waals surface area contributed by atoms with Gasteiger partial charge in [0.15, 0.2) is 0 Å². The van der Waals surface area contributed by atoms with Crippen LogP contribution in [0.15, 0.2) is 56.9 Å². The molecule has 2 aromatic carbocycles. The summed E-state index contributed by atoms with van der Waals surface area (Å²) in [4.78, 5) is 50.3. The number of benzene rings is 2. The number of nitro benzene ring substituents is 1. The summed E-state index contributed by atoms with van der Waals surface area (Å²) in [5.74, 6) is -0.908. The van der Waals surface area contributed by atoms with Crippen molar-refractivity contribution in [2.24, 2.45) is 0 Å². The van der Waals surface area contributed by atoms with Gasteiger partial charge in [-0.25, -0.2) is 9.69 Å². The van der Waals surface area contributed by atoms with E-state index in [1.807, 2.05) is 0 Å². The second-order valence-electron chi connectivity index (χ2n) is 7.70. The molecular weight excluding hydrogens is 586 g/mol. The molecule has 0 saturated carbocycles. The molecule has 4 rings (SSSR count). The van der Waals surface area contributed by atoms with E-state index in [0.717, 1.165) is 4.90 Å². The van der Waals surface area contributed by atoms with Crippen LogP contribution < -0.4 is 19.7 Å². The topological polar surface area (TPSA) is 141 Å². The number of nitro groups is 1. The van der Waals surface area contributed by atoms with Crippen LogP contribution >= 0.6 is 27.5 Å². The molecule has 2 heterocycles. The van der Waals surface area contributed by atoms with E-state index in [1.54, 1.807) is 26.0 Å². The molecule has 1 fully saturated rings. The maximum Gasteiger partial charge on any atom is 0.336 e. The summed E-state index contributed by atoms with van der Waals surface area (Å²) in [7, 11) is 0. The van der Waals surface area contributed by atoms with Gasteiger partial charge in [-0.15, -0.1) is 0 Å². The van der Waals surface area contributed by atoms with Crippen LogP contribution in [0, 0.1) is 10.1 Å². The van der Waals surface area contributed by atoms with E-state index in [1.165, 1.54) is 36.4 Å². The van der Waals surface area contributed by atoms with Crippen molar-refractivity contribution in [3.05, 3.63) is 73.4 Å². The lowest BCUT2D eigenvalue weighted by molar-refractivity contribution is -0.385. The van der Waals surface area contributed by atoms with Gasteiger partial charge in [-0.1, -0.05) is 11.6 Å². The highest BCUT2D eigenvalue weighted by atomic mass is 79.9. The minimum Gasteiger partial charge on any atom is -0.494 e. The van der Waals surface area contributed by atoms with E-state index in [-0.39, 0.29) is 50.3 Å². The molecule has 196 valence electrons. The van der Waals surface area contributed by atoms with Crippen molar-refractivity contribution >= 4 is 62.8 Å². The zero-order valence-corrected chi connectivity index (χ0v) is 22.3. The highest BCUT2D eigenvalue weighted by Crippen LogP contribution is 2.38. The molecule has 38 heavy (non-hydrogen) atoms. The number of rotatable bonds is 8. The number of amides is 4. The number of imide groups is 2. The summed E-state index contributed by atoms with van der Waals surface area (Å²) in [6.07, 6.45) is 1.17. The van der Waals surface area contributed by atoms with Gasteiger partial charge in [0.2, 0.25) is 0 Å². The number of hydrogen-bond donors (Lipinski definition) is 1. The maximum atomic E-state index is 13.4. The molecule has 1 aromatic heterocycles. The monoisotopic (exact) mass is 603 g/mol. The maximum absolute atomic E-state index is 13.4. The largest absolute Gasteiger partial charge is 0.494 e. The normalized spacial score (nSPS) is 14.6. The second-order valence-corrected chi connectivity index (χ2v) is 8.90. The first-order chi connectivity index (χ1) is 18.1. The first-order valence-corrected chi connectivity index (χ1v) is 12.4. The number of ether oxygens (including phenoxy) is 2. The van der Waals surface area contributed by atoms with Gasteiger partial charge in [0, 0.05) is 17.7 Å². The highest BCUT2D eigenvalue weighted by molar-refractivity contribution is 9.10. The molecule has 1 N–H and O–H groups in total. The summed E-state index contributed by atoms with van der Waals surface area (Å²) in [5.41, 5.74) is -0.246. The van der Waals surface area contributed by atoms with Crippen LogP contribution in [0.1, 0.15) is 19.6 Å². The fourth-order valence-corrected chi connectivity index (χ4v) is 4.25. The van der Waals surface area contributed by atoms with Crippen molar-refractivity contribution in [3.63, 3.8) is 0 Å². The van der Waals surface area contributed by atoms with Crippen LogP contribution in [0.25, 0.3) is 17.4 Å². The van der Waals surface area contributed by atoms with Gasteiger partial charge in [-0.3, -0.25) is 25.0 Å². The van der Waals surface area contributed by atoms with Gasteiger partial charge < -0.3 is 13.9 Å². The molecule has 0 bridgehead atoms.